The first-order chi connectivity index (χ1) is 10.4. The fourth-order valence-electron chi connectivity index (χ4n) is 5.71. The highest BCUT2D eigenvalue weighted by Crippen LogP contribution is 2.60. The SMILES string of the molecule is C[C@@]12CCCC1C1CCc3cc(S(=O)(=O)O)ccc3C1CC2. The van der Waals surface area contributed by atoms with Crippen LogP contribution in [0.4, 0.5) is 0 Å². The van der Waals surface area contributed by atoms with Crippen molar-refractivity contribution in [2.45, 2.75) is 62.7 Å². The van der Waals surface area contributed by atoms with Crippen molar-refractivity contribution >= 4 is 10.1 Å². The lowest BCUT2D eigenvalue weighted by molar-refractivity contribution is 0.0598. The summed E-state index contributed by atoms with van der Waals surface area (Å²) < 4.78 is 31.9. The van der Waals surface area contributed by atoms with E-state index in [1.165, 1.54) is 44.1 Å². The molecule has 0 amide bonds. The highest BCUT2D eigenvalue weighted by molar-refractivity contribution is 7.85. The molecular weight excluding hydrogens is 296 g/mol. The Bertz CT molecular complexity index is 709. The smallest absolute Gasteiger partial charge is 0.282 e. The van der Waals surface area contributed by atoms with E-state index >= 15 is 0 Å². The van der Waals surface area contributed by atoms with E-state index in [9.17, 15) is 13.0 Å². The summed E-state index contributed by atoms with van der Waals surface area (Å²) in [7, 11) is -4.09. The topological polar surface area (TPSA) is 54.4 Å². The van der Waals surface area contributed by atoms with Gasteiger partial charge in [-0.3, -0.25) is 4.55 Å². The van der Waals surface area contributed by atoms with Crippen molar-refractivity contribution in [3.8, 4) is 0 Å². The average Bonchev–Trinajstić information content (AvgIpc) is 2.87. The molecule has 4 heteroatoms. The van der Waals surface area contributed by atoms with E-state index in [0.717, 1.165) is 23.8 Å². The highest BCUT2D eigenvalue weighted by atomic mass is 32.2. The van der Waals surface area contributed by atoms with Gasteiger partial charge in [0.1, 0.15) is 0 Å². The van der Waals surface area contributed by atoms with Crippen molar-refractivity contribution < 1.29 is 13.0 Å². The fourth-order valence-corrected chi connectivity index (χ4v) is 6.24. The molecular formula is C18H24O3S. The second-order valence-electron chi connectivity index (χ2n) is 7.84. The van der Waals surface area contributed by atoms with Crippen LogP contribution >= 0.6 is 0 Å². The van der Waals surface area contributed by atoms with E-state index in [2.05, 4.69) is 6.92 Å². The lowest BCUT2D eigenvalue weighted by Crippen LogP contribution is -2.39. The summed E-state index contributed by atoms with van der Waals surface area (Å²) in [6.07, 6.45) is 8.79. The lowest BCUT2D eigenvalue weighted by atomic mass is 9.56. The molecule has 0 aliphatic heterocycles. The van der Waals surface area contributed by atoms with Gasteiger partial charge in [-0.1, -0.05) is 19.4 Å². The molecule has 0 radical (unpaired) electrons. The molecule has 22 heavy (non-hydrogen) atoms. The van der Waals surface area contributed by atoms with Crippen LogP contribution in [0.3, 0.4) is 0 Å². The van der Waals surface area contributed by atoms with Crippen LogP contribution < -0.4 is 0 Å². The highest BCUT2D eigenvalue weighted by Gasteiger charge is 2.50. The Balaban J connectivity index is 1.71. The summed E-state index contributed by atoms with van der Waals surface area (Å²) in [5.41, 5.74) is 3.03. The van der Waals surface area contributed by atoms with Gasteiger partial charge in [-0.25, -0.2) is 0 Å². The zero-order valence-corrected chi connectivity index (χ0v) is 13.9. The summed E-state index contributed by atoms with van der Waals surface area (Å²) in [4.78, 5) is 0.0474. The van der Waals surface area contributed by atoms with E-state index in [-0.39, 0.29) is 4.90 Å². The summed E-state index contributed by atoms with van der Waals surface area (Å²) in [6.45, 7) is 2.48. The summed E-state index contributed by atoms with van der Waals surface area (Å²) in [5.74, 6) is 2.21. The molecule has 4 rings (SSSR count). The quantitative estimate of drug-likeness (QED) is 0.790. The maximum atomic E-state index is 11.3. The maximum absolute atomic E-state index is 11.3. The predicted octanol–water partition coefficient (Wildman–Crippen LogP) is 4.18. The Labute approximate surface area is 132 Å². The van der Waals surface area contributed by atoms with E-state index < -0.39 is 10.1 Å². The molecule has 120 valence electrons. The molecule has 0 saturated heterocycles. The van der Waals surface area contributed by atoms with Crippen LogP contribution in [-0.4, -0.2) is 13.0 Å². The minimum Gasteiger partial charge on any atom is -0.282 e. The van der Waals surface area contributed by atoms with Gasteiger partial charge in [0, 0.05) is 0 Å². The molecule has 3 unspecified atom stereocenters. The Morgan fingerprint density at radius 2 is 2.00 bits per heavy atom. The van der Waals surface area contributed by atoms with E-state index in [1.54, 1.807) is 12.1 Å². The number of aryl methyl sites for hydroxylation is 1. The Kier molecular flexibility index (Phi) is 3.22. The first-order valence-corrected chi connectivity index (χ1v) is 9.93. The molecule has 0 bridgehead atoms. The second-order valence-corrected chi connectivity index (χ2v) is 9.26. The summed E-state index contributed by atoms with van der Waals surface area (Å²) in [6, 6.07) is 5.25. The zero-order chi connectivity index (χ0) is 15.5. The molecule has 4 atom stereocenters. The van der Waals surface area contributed by atoms with Crippen molar-refractivity contribution in [3.63, 3.8) is 0 Å². The van der Waals surface area contributed by atoms with Crippen LogP contribution in [0.15, 0.2) is 23.1 Å². The van der Waals surface area contributed by atoms with Gasteiger partial charge >= 0.3 is 0 Å². The number of hydrogen-bond acceptors (Lipinski definition) is 2. The van der Waals surface area contributed by atoms with Gasteiger partial charge in [0.2, 0.25) is 0 Å². The van der Waals surface area contributed by atoms with Crippen LogP contribution in [0, 0.1) is 17.3 Å². The molecule has 3 aliphatic carbocycles. The number of benzene rings is 1. The van der Waals surface area contributed by atoms with E-state index in [0.29, 0.717) is 11.3 Å². The van der Waals surface area contributed by atoms with Gasteiger partial charge in [0.15, 0.2) is 0 Å². The third kappa shape index (κ3) is 2.15. The molecule has 0 spiro atoms. The number of hydrogen-bond donors (Lipinski definition) is 1. The van der Waals surface area contributed by atoms with Crippen molar-refractivity contribution in [2.75, 3.05) is 0 Å². The molecule has 1 aromatic rings. The normalized spacial score (nSPS) is 37.3. The summed E-state index contributed by atoms with van der Waals surface area (Å²) in [5, 5.41) is 0. The monoisotopic (exact) mass is 320 g/mol. The molecule has 3 aliphatic rings. The molecule has 1 aromatic carbocycles. The molecule has 2 saturated carbocycles. The van der Waals surface area contributed by atoms with Gasteiger partial charge in [-0.05, 0) is 85.0 Å². The van der Waals surface area contributed by atoms with Crippen molar-refractivity contribution in [1.82, 2.24) is 0 Å². The van der Waals surface area contributed by atoms with Crippen LogP contribution in [0.5, 0.6) is 0 Å². The third-order valence-corrected chi connectivity index (χ3v) is 7.63. The molecule has 3 nitrogen and oxygen atoms in total. The lowest BCUT2D eigenvalue weighted by Gasteiger charge is -2.49. The Morgan fingerprint density at radius 1 is 1.18 bits per heavy atom. The van der Waals surface area contributed by atoms with Gasteiger partial charge in [0.25, 0.3) is 10.1 Å². The van der Waals surface area contributed by atoms with Crippen LogP contribution in [0.1, 0.15) is 62.5 Å². The third-order valence-electron chi connectivity index (χ3n) is 6.78. The first kappa shape index (κ1) is 14.7. The first-order valence-electron chi connectivity index (χ1n) is 8.49. The van der Waals surface area contributed by atoms with Crippen LogP contribution in [0.2, 0.25) is 0 Å². The largest absolute Gasteiger partial charge is 0.294 e. The number of rotatable bonds is 1. The maximum Gasteiger partial charge on any atom is 0.294 e. The van der Waals surface area contributed by atoms with Gasteiger partial charge in [-0.2, -0.15) is 8.42 Å². The number of fused-ring (bicyclic) bond motifs is 5. The average molecular weight is 320 g/mol. The minimum absolute atomic E-state index is 0.0474. The predicted molar refractivity (Wildman–Crippen MR) is 85.5 cm³/mol. The Morgan fingerprint density at radius 3 is 2.77 bits per heavy atom. The standard InChI is InChI=1S/C18H24O3S/c1-18-9-2-3-17(18)16-6-4-12-11-13(22(19,20)21)5-7-14(12)15(16)8-10-18/h5,7,11,15-17H,2-4,6,8-10H2,1H3,(H,19,20,21)/t15?,16?,17?,18-/m0/s1. The molecule has 1 N–H and O–H groups in total. The van der Waals surface area contributed by atoms with Crippen LogP contribution in [-0.2, 0) is 16.5 Å². The van der Waals surface area contributed by atoms with E-state index in [1.807, 2.05) is 6.07 Å². The van der Waals surface area contributed by atoms with Gasteiger partial charge in [-0.15, -0.1) is 0 Å². The molecule has 0 heterocycles. The van der Waals surface area contributed by atoms with Crippen molar-refractivity contribution in [3.05, 3.63) is 29.3 Å². The summed E-state index contributed by atoms with van der Waals surface area (Å²) >= 11 is 0. The zero-order valence-electron chi connectivity index (χ0n) is 13.1. The minimum atomic E-state index is -4.09. The van der Waals surface area contributed by atoms with Crippen LogP contribution in [0.25, 0.3) is 0 Å². The Hall–Kier alpha value is -0.870. The van der Waals surface area contributed by atoms with Crippen molar-refractivity contribution in [2.24, 2.45) is 17.3 Å². The second kappa shape index (κ2) is 4.81. The molecule has 2 fully saturated rings. The molecule has 0 aromatic heterocycles. The van der Waals surface area contributed by atoms with E-state index in [4.69, 9.17) is 0 Å². The fraction of sp³-hybridized carbons (Fsp3) is 0.667. The van der Waals surface area contributed by atoms with Gasteiger partial charge < -0.3 is 0 Å². The van der Waals surface area contributed by atoms with Crippen molar-refractivity contribution in [1.29, 1.82) is 0 Å². The van der Waals surface area contributed by atoms with Gasteiger partial charge in [0.05, 0.1) is 4.90 Å².